The molecule has 0 bridgehead atoms. The van der Waals surface area contributed by atoms with Crippen LogP contribution in [0.5, 0.6) is 0 Å². The lowest BCUT2D eigenvalue weighted by molar-refractivity contribution is -0.140. The van der Waals surface area contributed by atoms with Crippen molar-refractivity contribution in [2.45, 2.75) is 18.4 Å². The molecule has 0 aromatic carbocycles. The molecule has 1 saturated heterocycles. The number of carbonyl (C=O) groups excluding carboxylic acids is 2. The quantitative estimate of drug-likeness (QED) is 0.815. The van der Waals surface area contributed by atoms with Gasteiger partial charge in [-0.3, -0.25) is 24.5 Å². The van der Waals surface area contributed by atoms with Crippen LogP contribution in [0.3, 0.4) is 0 Å². The fourth-order valence-corrected chi connectivity index (χ4v) is 3.12. The first-order chi connectivity index (χ1) is 11.6. The first-order valence-electron chi connectivity index (χ1n) is 7.63. The van der Waals surface area contributed by atoms with Crippen LogP contribution in [0.4, 0.5) is 0 Å². The van der Waals surface area contributed by atoms with Gasteiger partial charge in [0.1, 0.15) is 5.69 Å². The zero-order valence-electron chi connectivity index (χ0n) is 13.6. The Bertz CT molecular complexity index is 737. The van der Waals surface area contributed by atoms with E-state index in [2.05, 4.69) is 19.9 Å². The second kappa shape index (κ2) is 6.31. The lowest BCUT2D eigenvalue weighted by Crippen LogP contribution is -2.55. The van der Waals surface area contributed by atoms with E-state index in [9.17, 15) is 9.59 Å². The number of hydrogen-bond acceptors (Lipinski definition) is 6. The van der Waals surface area contributed by atoms with Crippen molar-refractivity contribution in [2.75, 3.05) is 20.6 Å². The summed E-state index contributed by atoms with van der Waals surface area (Å²) in [6, 6.07) is 0. The SMILES string of the molecule is CN(C)C(=O)[C@]1(c2cnccn2)CCCN1C(=O)c1cnccn1. The van der Waals surface area contributed by atoms with E-state index in [1.165, 1.54) is 29.7 Å². The largest absolute Gasteiger partial charge is 0.346 e. The number of likely N-dealkylation sites (N-methyl/N-ethyl adjacent to an activating group) is 1. The molecule has 3 heterocycles. The van der Waals surface area contributed by atoms with Gasteiger partial charge < -0.3 is 9.80 Å². The normalized spacial score (nSPS) is 20.0. The summed E-state index contributed by atoms with van der Waals surface area (Å²) in [6.07, 6.45) is 10.2. The Balaban J connectivity index is 2.10. The molecule has 8 nitrogen and oxygen atoms in total. The van der Waals surface area contributed by atoms with Crippen molar-refractivity contribution in [2.24, 2.45) is 0 Å². The zero-order valence-corrected chi connectivity index (χ0v) is 13.6. The van der Waals surface area contributed by atoms with Crippen molar-refractivity contribution >= 4 is 11.8 Å². The minimum absolute atomic E-state index is 0.197. The van der Waals surface area contributed by atoms with Crippen LogP contribution in [0.25, 0.3) is 0 Å². The summed E-state index contributed by atoms with van der Waals surface area (Å²) in [5.74, 6) is -0.529. The van der Waals surface area contributed by atoms with Gasteiger partial charge in [0.25, 0.3) is 11.8 Å². The van der Waals surface area contributed by atoms with Crippen LogP contribution >= 0.6 is 0 Å². The van der Waals surface area contributed by atoms with Crippen LogP contribution in [0, 0.1) is 0 Å². The van der Waals surface area contributed by atoms with Crippen LogP contribution in [0.1, 0.15) is 29.0 Å². The van der Waals surface area contributed by atoms with Crippen molar-refractivity contribution < 1.29 is 9.59 Å². The van der Waals surface area contributed by atoms with Crippen molar-refractivity contribution in [1.29, 1.82) is 0 Å². The average molecular weight is 326 g/mol. The molecule has 3 rings (SSSR count). The molecule has 1 fully saturated rings. The smallest absolute Gasteiger partial charge is 0.275 e. The van der Waals surface area contributed by atoms with Gasteiger partial charge in [-0.25, -0.2) is 4.98 Å². The van der Waals surface area contributed by atoms with Gasteiger partial charge in [-0.1, -0.05) is 0 Å². The maximum absolute atomic E-state index is 13.0. The molecular weight excluding hydrogens is 308 g/mol. The van der Waals surface area contributed by atoms with E-state index in [4.69, 9.17) is 0 Å². The van der Waals surface area contributed by atoms with E-state index >= 15 is 0 Å². The maximum atomic E-state index is 13.0. The summed E-state index contributed by atoms with van der Waals surface area (Å²) in [6.45, 7) is 0.450. The van der Waals surface area contributed by atoms with Crippen LogP contribution in [-0.4, -0.2) is 62.2 Å². The van der Waals surface area contributed by atoms with Crippen molar-refractivity contribution in [3.8, 4) is 0 Å². The molecule has 0 unspecified atom stereocenters. The number of carbonyl (C=O) groups is 2. The van der Waals surface area contributed by atoms with Crippen LogP contribution in [0.2, 0.25) is 0 Å². The Kier molecular flexibility index (Phi) is 4.20. The Morgan fingerprint density at radius 2 is 1.79 bits per heavy atom. The molecule has 2 aromatic rings. The summed E-state index contributed by atoms with van der Waals surface area (Å²) in [5, 5.41) is 0. The van der Waals surface area contributed by atoms with Gasteiger partial charge in [-0.2, -0.15) is 0 Å². The second-order valence-corrected chi connectivity index (χ2v) is 5.80. The van der Waals surface area contributed by atoms with Crippen molar-refractivity contribution in [3.63, 3.8) is 0 Å². The fraction of sp³-hybridized carbons (Fsp3) is 0.375. The summed E-state index contributed by atoms with van der Waals surface area (Å²) in [5.41, 5.74) is -0.482. The van der Waals surface area contributed by atoms with Crippen LogP contribution in [-0.2, 0) is 10.3 Å². The summed E-state index contributed by atoms with van der Waals surface area (Å²) < 4.78 is 0. The molecule has 2 aromatic heterocycles. The van der Waals surface area contributed by atoms with E-state index in [-0.39, 0.29) is 17.5 Å². The van der Waals surface area contributed by atoms with E-state index in [0.29, 0.717) is 25.1 Å². The van der Waals surface area contributed by atoms with Gasteiger partial charge >= 0.3 is 0 Å². The summed E-state index contributed by atoms with van der Waals surface area (Å²) in [4.78, 5) is 45.5. The highest BCUT2D eigenvalue weighted by molar-refractivity contribution is 5.98. The third-order valence-corrected chi connectivity index (χ3v) is 4.16. The average Bonchev–Trinajstić information content (AvgIpc) is 3.07. The third-order valence-electron chi connectivity index (χ3n) is 4.16. The molecular formula is C16H18N6O2. The number of aromatic nitrogens is 4. The second-order valence-electron chi connectivity index (χ2n) is 5.80. The summed E-state index contributed by atoms with van der Waals surface area (Å²) in [7, 11) is 3.34. The van der Waals surface area contributed by atoms with E-state index in [1.54, 1.807) is 31.4 Å². The molecule has 2 amide bonds. The van der Waals surface area contributed by atoms with Gasteiger partial charge in [0.2, 0.25) is 0 Å². The highest BCUT2D eigenvalue weighted by Crippen LogP contribution is 2.39. The molecule has 124 valence electrons. The molecule has 1 atom stereocenters. The molecule has 0 aliphatic carbocycles. The Morgan fingerprint density at radius 3 is 2.38 bits per heavy atom. The highest BCUT2D eigenvalue weighted by atomic mass is 16.2. The minimum Gasteiger partial charge on any atom is -0.346 e. The lowest BCUT2D eigenvalue weighted by atomic mass is 9.90. The van der Waals surface area contributed by atoms with Crippen molar-refractivity contribution in [3.05, 3.63) is 48.6 Å². The molecule has 1 aliphatic heterocycles. The first-order valence-corrected chi connectivity index (χ1v) is 7.63. The lowest BCUT2D eigenvalue weighted by Gasteiger charge is -2.37. The predicted molar refractivity (Wildman–Crippen MR) is 84.7 cm³/mol. The number of rotatable bonds is 3. The fourth-order valence-electron chi connectivity index (χ4n) is 3.12. The predicted octanol–water partition coefficient (Wildman–Crippen LogP) is 0.486. The molecule has 0 radical (unpaired) electrons. The Labute approximate surface area is 139 Å². The number of hydrogen-bond donors (Lipinski definition) is 0. The molecule has 24 heavy (non-hydrogen) atoms. The van der Waals surface area contributed by atoms with Gasteiger partial charge in [0, 0.05) is 45.4 Å². The minimum atomic E-state index is -1.16. The third kappa shape index (κ3) is 2.49. The van der Waals surface area contributed by atoms with E-state index in [0.717, 1.165) is 0 Å². The topological polar surface area (TPSA) is 92.2 Å². The van der Waals surface area contributed by atoms with Gasteiger partial charge in [-0.05, 0) is 12.8 Å². The van der Waals surface area contributed by atoms with E-state index < -0.39 is 5.54 Å². The number of likely N-dealkylation sites (tertiary alicyclic amines) is 1. The standard InChI is InChI=1S/C16H18N6O2/c1-21(2)15(24)16(13-11-18-6-8-20-13)4-3-9-22(16)14(23)12-10-17-5-7-19-12/h5-8,10-11H,3-4,9H2,1-2H3/t16-/m1/s1. The molecule has 1 aliphatic rings. The highest BCUT2D eigenvalue weighted by Gasteiger charge is 2.53. The molecule has 0 saturated carbocycles. The van der Waals surface area contributed by atoms with Gasteiger partial charge in [0.05, 0.1) is 18.1 Å². The first kappa shape index (κ1) is 16.0. The number of amides is 2. The summed E-state index contributed by atoms with van der Waals surface area (Å²) >= 11 is 0. The Hall–Kier alpha value is -2.90. The molecule has 8 heteroatoms. The van der Waals surface area contributed by atoms with Gasteiger partial charge in [-0.15, -0.1) is 0 Å². The van der Waals surface area contributed by atoms with E-state index in [1.807, 2.05) is 0 Å². The van der Waals surface area contributed by atoms with Crippen LogP contribution < -0.4 is 0 Å². The monoisotopic (exact) mass is 326 g/mol. The zero-order chi connectivity index (χ0) is 17.2. The van der Waals surface area contributed by atoms with Gasteiger partial charge in [0.15, 0.2) is 5.54 Å². The Morgan fingerprint density at radius 1 is 1.08 bits per heavy atom. The number of nitrogens with zero attached hydrogens (tertiary/aromatic N) is 6. The van der Waals surface area contributed by atoms with Crippen molar-refractivity contribution in [1.82, 2.24) is 29.7 Å². The van der Waals surface area contributed by atoms with Crippen LogP contribution in [0.15, 0.2) is 37.2 Å². The molecule has 0 spiro atoms. The maximum Gasteiger partial charge on any atom is 0.275 e. The molecule has 0 N–H and O–H groups in total.